The molecule has 0 aliphatic rings. The van der Waals surface area contributed by atoms with Crippen molar-refractivity contribution in [3.63, 3.8) is 0 Å². The molecule has 0 spiro atoms. The number of aromatic nitrogens is 4. The molecule has 0 amide bonds. The number of hydrogen-bond donors (Lipinski definition) is 2. The summed E-state index contributed by atoms with van der Waals surface area (Å²) in [4.78, 5) is 12.9. The average molecular weight is 291 g/mol. The van der Waals surface area contributed by atoms with E-state index in [2.05, 4.69) is 20.3 Å². The van der Waals surface area contributed by atoms with Gasteiger partial charge in [0.05, 0.1) is 11.7 Å². The molecule has 0 unspecified atom stereocenters. The van der Waals surface area contributed by atoms with Gasteiger partial charge in [-0.05, 0) is 30.3 Å². The van der Waals surface area contributed by atoms with Gasteiger partial charge < -0.3 is 15.0 Å². The number of aryl methyl sites for hydroxylation is 1. The fourth-order valence-corrected chi connectivity index (χ4v) is 2.58. The Balaban J connectivity index is 1.82. The van der Waals surface area contributed by atoms with Crippen LogP contribution >= 0.6 is 0 Å². The molecule has 0 radical (unpaired) electrons. The van der Waals surface area contributed by atoms with Crippen LogP contribution in [0.5, 0.6) is 5.75 Å². The molecule has 0 saturated heterocycles. The molecule has 0 atom stereocenters. The Morgan fingerprint density at radius 1 is 1.00 bits per heavy atom. The third-order valence-corrected chi connectivity index (χ3v) is 3.65. The second-order valence-electron chi connectivity index (χ2n) is 5.05. The topological polar surface area (TPSA) is 75.9 Å². The maximum Gasteiger partial charge on any atom is 0.143 e. The standard InChI is InChI=1S/C16H13N5O/c1-21-13-6-7-17-9-12(13)11-3-5-15(20-16(11)21)19-14-4-2-10(22)8-18-14/h2-9,22H,1H3,(H,18,19,20). The number of pyridine rings is 3. The molecule has 0 aromatic carbocycles. The third-order valence-electron chi connectivity index (χ3n) is 3.65. The van der Waals surface area contributed by atoms with E-state index >= 15 is 0 Å². The molecule has 4 aromatic rings. The van der Waals surface area contributed by atoms with Crippen molar-refractivity contribution in [2.75, 3.05) is 5.32 Å². The van der Waals surface area contributed by atoms with Gasteiger partial charge in [-0.2, -0.15) is 0 Å². The lowest BCUT2D eigenvalue weighted by atomic mass is 10.2. The third kappa shape index (κ3) is 1.93. The highest BCUT2D eigenvalue weighted by atomic mass is 16.3. The zero-order chi connectivity index (χ0) is 15.1. The summed E-state index contributed by atoms with van der Waals surface area (Å²) in [5.74, 6) is 1.46. The normalized spacial score (nSPS) is 11.1. The Morgan fingerprint density at radius 3 is 2.68 bits per heavy atom. The maximum absolute atomic E-state index is 9.27. The number of nitrogens with zero attached hydrogens (tertiary/aromatic N) is 4. The molecule has 22 heavy (non-hydrogen) atoms. The van der Waals surface area contributed by atoms with Gasteiger partial charge in [0.2, 0.25) is 0 Å². The summed E-state index contributed by atoms with van der Waals surface area (Å²) in [6, 6.07) is 9.19. The van der Waals surface area contributed by atoms with Crippen molar-refractivity contribution >= 4 is 33.6 Å². The fourth-order valence-electron chi connectivity index (χ4n) is 2.58. The van der Waals surface area contributed by atoms with Gasteiger partial charge in [-0.25, -0.2) is 9.97 Å². The molecule has 4 aromatic heterocycles. The van der Waals surface area contributed by atoms with Crippen LogP contribution in [0.4, 0.5) is 11.6 Å². The van der Waals surface area contributed by atoms with Crippen LogP contribution in [0.25, 0.3) is 21.9 Å². The molecule has 6 nitrogen and oxygen atoms in total. The van der Waals surface area contributed by atoms with Crippen LogP contribution in [-0.4, -0.2) is 24.6 Å². The van der Waals surface area contributed by atoms with Gasteiger partial charge in [0, 0.05) is 30.2 Å². The van der Waals surface area contributed by atoms with Crippen LogP contribution in [0.15, 0.2) is 48.9 Å². The quantitative estimate of drug-likeness (QED) is 0.594. The van der Waals surface area contributed by atoms with Gasteiger partial charge in [-0.15, -0.1) is 0 Å². The van der Waals surface area contributed by atoms with Crippen molar-refractivity contribution in [3.05, 3.63) is 48.9 Å². The molecule has 0 aliphatic carbocycles. The highest BCUT2D eigenvalue weighted by Crippen LogP contribution is 2.27. The van der Waals surface area contributed by atoms with Crippen molar-refractivity contribution in [2.45, 2.75) is 0 Å². The minimum Gasteiger partial charge on any atom is -0.506 e. The lowest BCUT2D eigenvalue weighted by Crippen LogP contribution is -1.97. The average Bonchev–Trinajstić information content (AvgIpc) is 2.83. The first-order valence-electron chi connectivity index (χ1n) is 6.83. The molecule has 4 heterocycles. The molecular weight excluding hydrogens is 278 g/mol. The fraction of sp³-hybridized carbons (Fsp3) is 0.0625. The van der Waals surface area contributed by atoms with E-state index in [1.54, 1.807) is 18.3 Å². The molecule has 108 valence electrons. The minimum absolute atomic E-state index is 0.134. The van der Waals surface area contributed by atoms with E-state index in [0.717, 1.165) is 21.9 Å². The predicted octanol–water partition coefficient (Wildman–Crippen LogP) is 2.97. The van der Waals surface area contributed by atoms with Crippen LogP contribution in [0, 0.1) is 0 Å². The number of anilines is 2. The van der Waals surface area contributed by atoms with Gasteiger partial charge in [0.25, 0.3) is 0 Å². The van der Waals surface area contributed by atoms with E-state index in [1.807, 2.05) is 36.0 Å². The minimum atomic E-state index is 0.134. The van der Waals surface area contributed by atoms with Crippen LogP contribution < -0.4 is 5.32 Å². The Kier molecular flexibility index (Phi) is 2.69. The Morgan fingerprint density at radius 2 is 1.86 bits per heavy atom. The lowest BCUT2D eigenvalue weighted by Gasteiger charge is -2.05. The molecule has 0 aliphatic heterocycles. The van der Waals surface area contributed by atoms with Gasteiger partial charge in [0.1, 0.15) is 23.0 Å². The predicted molar refractivity (Wildman–Crippen MR) is 85.2 cm³/mol. The van der Waals surface area contributed by atoms with Crippen LogP contribution in [0.3, 0.4) is 0 Å². The van der Waals surface area contributed by atoms with Gasteiger partial charge in [-0.3, -0.25) is 4.98 Å². The van der Waals surface area contributed by atoms with Crippen molar-refractivity contribution in [3.8, 4) is 5.75 Å². The number of rotatable bonds is 2. The molecule has 6 heteroatoms. The summed E-state index contributed by atoms with van der Waals surface area (Å²) >= 11 is 0. The maximum atomic E-state index is 9.27. The SMILES string of the molecule is Cn1c2ccncc2c2ccc(Nc3ccc(O)cn3)nc21. The summed E-state index contributed by atoms with van der Waals surface area (Å²) in [5, 5.41) is 14.5. The second kappa shape index (κ2) is 4.70. The first-order valence-corrected chi connectivity index (χ1v) is 6.83. The molecule has 4 rings (SSSR count). The molecule has 2 N–H and O–H groups in total. The summed E-state index contributed by atoms with van der Waals surface area (Å²) in [6.45, 7) is 0. The van der Waals surface area contributed by atoms with Gasteiger partial charge >= 0.3 is 0 Å². The largest absolute Gasteiger partial charge is 0.506 e. The van der Waals surface area contributed by atoms with Crippen molar-refractivity contribution in [1.82, 2.24) is 19.5 Å². The number of aromatic hydroxyl groups is 1. The Hall–Kier alpha value is -3.15. The van der Waals surface area contributed by atoms with E-state index in [1.165, 1.54) is 6.20 Å². The van der Waals surface area contributed by atoms with E-state index in [-0.39, 0.29) is 5.75 Å². The number of fused-ring (bicyclic) bond motifs is 3. The molecular formula is C16H13N5O. The smallest absolute Gasteiger partial charge is 0.143 e. The first kappa shape index (κ1) is 12.6. The van der Waals surface area contributed by atoms with E-state index in [4.69, 9.17) is 0 Å². The molecule has 0 fully saturated rings. The van der Waals surface area contributed by atoms with E-state index in [9.17, 15) is 5.11 Å². The monoisotopic (exact) mass is 291 g/mol. The summed E-state index contributed by atoms with van der Waals surface area (Å²) in [5.41, 5.74) is 1.98. The Bertz CT molecular complexity index is 975. The van der Waals surface area contributed by atoms with Crippen LogP contribution in [0.2, 0.25) is 0 Å². The second-order valence-corrected chi connectivity index (χ2v) is 5.05. The van der Waals surface area contributed by atoms with E-state index < -0.39 is 0 Å². The number of hydrogen-bond acceptors (Lipinski definition) is 5. The van der Waals surface area contributed by atoms with Gasteiger partial charge in [-0.1, -0.05) is 0 Å². The van der Waals surface area contributed by atoms with Crippen molar-refractivity contribution in [2.24, 2.45) is 7.05 Å². The first-order chi connectivity index (χ1) is 10.7. The molecule has 0 bridgehead atoms. The van der Waals surface area contributed by atoms with Crippen LogP contribution in [-0.2, 0) is 7.05 Å². The lowest BCUT2D eigenvalue weighted by molar-refractivity contribution is 0.473. The van der Waals surface area contributed by atoms with Crippen LogP contribution in [0.1, 0.15) is 0 Å². The van der Waals surface area contributed by atoms with E-state index in [0.29, 0.717) is 11.6 Å². The van der Waals surface area contributed by atoms with Crippen molar-refractivity contribution in [1.29, 1.82) is 0 Å². The zero-order valence-corrected chi connectivity index (χ0v) is 11.9. The van der Waals surface area contributed by atoms with Crippen molar-refractivity contribution < 1.29 is 5.11 Å². The summed E-state index contributed by atoms with van der Waals surface area (Å²) < 4.78 is 2.04. The summed E-state index contributed by atoms with van der Waals surface area (Å²) in [7, 11) is 1.99. The molecule has 0 saturated carbocycles. The zero-order valence-electron chi connectivity index (χ0n) is 11.9. The highest BCUT2D eigenvalue weighted by Gasteiger charge is 2.10. The van der Waals surface area contributed by atoms with Gasteiger partial charge in [0.15, 0.2) is 0 Å². The summed E-state index contributed by atoms with van der Waals surface area (Å²) in [6.07, 6.45) is 5.03. The number of nitrogens with one attached hydrogen (secondary N) is 1. The highest BCUT2D eigenvalue weighted by molar-refractivity contribution is 6.06. The Labute approximate surface area is 126 Å².